The van der Waals surface area contributed by atoms with Crippen molar-refractivity contribution in [2.24, 2.45) is 0 Å². The number of hydrogen-bond donors (Lipinski definition) is 1. The van der Waals surface area contributed by atoms with Gasteiger partial charge in [-0.2, -0.15) is 0 Å². The van der Waals surface area contributed by atoms with Crippen molar-refractivity contribution in [1.29, 1.82) is 0 Å². The van der Waals surface area contributed by atoms with E-state index in [1.807, 2.05) is 6.92 Å². The minimum atomic E-state index is -0.0540. The molecular weight excluding hydrogens is 164 g/mol. The van der Waals surface area contributed by atoms with Crippen molar-refractivity contribution in [2.75, 3.05) is 19.6 Å². The summed E-state index contributed by atoms with van der Waals surface area (Å²) in [7, 11) is 0. The molecule has 0 atom stereocenters. The highest BCUT2D eigenvalue weighted by Crippen LogP contribution is 1.90. The lowest BCUT2D eigenvalue weighted by Gasteiger charge is -2.19. The van der Waals surface area contributed by atoms with Crippen molar-refractivity contribution in [2.45, 2.75) is 13.3 Å². The first-order valence-corrected chi connectivity index (χ1v) is 4.50. The second-order valence-corrected chi connectivity index (χ2v) is 2.71. The van der Waals surface area contributed by atoms with Gasteiger partial charge in [0.1, 0.15) is 0 Å². The van der Waals surface area contributed by atoms with Crippen LogP contribution >= 0.6 is 0 Å². The number of hydrogen-bond acceptors (Lipinski definition) is 1. The van der Waals surface area contributed by atoms with Crippen molar-refractivity contribution in [1.82, 2.24) is 10.2 Å². The van der Waals surface area contributed by atoms with Gasteiger partial charge in [0.05, 0.1) is 0 Å². The van der Waals surface area contributed by atoms with Crippen molar-refractivity contribution < 1.29 is 4.79 Å². The zero-order chi connectivity index (χ0) is 10.1. The van der Waals surface area contributed by atoms with Crippen LogP contribution in [0.3, 0.4) is 0 Å². The number of rotatable bonds is 6. The van der Waals surface area contributed by atoms with Crippen LogP contribution in [0.25, 0.3) is 0 Å². The number of nitrogens with one attached hydrogen (secondary N) is 1. The van der Waals surface area contributed by atoms with E-state index in [1.165, 1.54) is 0 Å². The van der Waals surface area contributed by atoms with Crippen LogP contribution in [-0.2, 0) is 0 Å². The van der Waals surface area contributed by atoms with Crippen LogP contribution in [0.5, 0.6) is 0 Å². The number of amides is 2. The van der Waals surface area contributed by atoms with Gasteiger partial charge < -0.3 is 10.2 Å². The van der Waals surface area contributed by atoms with Crippen LogP contribution < -0.4 is 5.32 Å². The Morgan fingerprint density at radius 3 is 2.31 bits per heavy atom. The molecule has 74 valence electrons. The molecule has 0 rings (SSSR count). The second kappa shape index (κ2) is 7.40. The van der Waals surface area contributed by atoms with Gasteiger partial charge in [-0.25, -0.2) is 4.79 Å². The van der Waals surface area contributed by atoms with E-state index in [0.717, 1.165) is 6.42 Å². The number of carbonyl (C=O) groups is 1. The highest BCUT2D eigenvalue weighted by Gasteiger charge is 2.07. The molecule has 0 aliphatic carbocycles. The lowest BCUT2D eigenvalue weighted by molar-refractivity contribution is 0.208. The first-order chi connectivity index (χ1) is 6.26. The fourth-order valence-corrected chi connectivity index (χ4v) is 0.896. The summed E-state index contributed by atoms with van der Waals surface area (Å²) in [5.74, 6) is 0. The van der Waals surface area contributed by atoms with Crippen LogP contribution in [0.4, 0.5) is 4.79 Å². The smallest absolute Gasteiger partial charge is 0.317 e. The van der Waals surface area contributed by atoms with Gasteiger partial charge in [0.25, 0.3) is 0 Å². The zero-order valence-electron chi connectivity index (χ0n) is 8.25. The molecule has 0 aliphatic heterocycles. The third-order valence-electron chi connectivity index (χ3n) is 1.51. The number of carbonyl (C=O) groups excluding carboxylic acids is 1. The van der Waals surface area contributed by atoms with E-state index in [-0.39, 0.29) is 6.03 Å². The molecule has 0 saturated heterocycles. The van der Waals surface area contributed by atoms with Gasteiger partial charge in [-0.05, 0) is 6.42 Å². The van der Waals surface area contributed by atoms with E-state index in [9.17, 15) is 4.79 Å². The molecule has 1 N–H and O–H groups in total. The largest absolute Gasteiger partial charge is 0.338 e. The molecule has 0 aromatic rings. The maximum atomic E-state index is 11.4. The van der Waals surface area contributed by atoms with Gasteiger partial charge in [0.2, 0.25) is 0 Å². The molecular formula is C10H18N2O. The first kappa shape index (κ1) is 11.8. The summed E-state index contributed by atoms with van der Waals surface area (Å²) in [6, 6.07) is -0.0540. The maximum absolute atomic E-state index is 11.4. The van der Waals surface area contributed by atoms with E-state index in [1.54, 1.807) is 17.1 Å². The molecule has 0 aromatic heterocycles. The normalized spacial score (nSPS) is 9.00. The van der Waals surface area contributed by atoms with Crippen molar-refractivity contribution in [3.05, 3.63) is 25.3 Å². The Labute approximate surface area is 80.1 Å². The van der Waals surface area contributed by atoms with E-state index in [4.69, 9.17) is 0 Å². The summed E-state index contributed by atoms with van der Waals surface area (Å²) in [6.07, 6.45) is 4.35. The molecule has 3 heteroatoms. The predicted octanol–water partition coefficient (Wildman–Crippen LogP) is 1.78. The Hall–Kier alpha value is -1.25. The molecule has 0 radical (unpaired) electrons. The molecule has 13 heavy (non-hydrogen) atoms. The number of nitrogens with zero attached hydrogens (tertiary/aromatic N) is 1. The molecule has 0 bridgehead atoms. The summed E-state index contributed by atoms with van der Waals surface area (Å²) in [6.45, 7) is 11.0. The lowest BCUT2D eigenvalue weighted by Crippen LogP contribution is -2.40. The van der Waals surface area contributed by atoms with Crippen molar-refractivity contribution in [3.8, 4) is 0 Å². The van der Waals surface area contributed by atoms with Crippen molar-refractivity contribution >= 4 is 6.03 Å². The third-order valence-corrected chi connectivity index (χ3v) is 1.51. The Morgan fingerprint density at radius 1 is 1.38 bits per heavy atom. The minimum Gasteiger partial charge on any atom is -0.338 e. The Bertz CT molecular complexity index is 168. The van der Waals surface area contributed by atoms with E-state index < -0.39 is 0 Å². The summed E-state index contributed by atoms with van der Waals surface area (Å²) in [5, 5.41) is 2.79. The van der Waals surface area contributed by atoms with Gasteiger partial charge in [-0.3, -0.25) is 0 Å². The highest BCUT2D eigenvalue weighted by molar-refractivity contribution is 5.74. The zero-order valence-corrected chi connectivity index (χ0v) is 8.25. The van der Waals surface area contributed by atoms with Gasteiger partial charge in [0, 0.05) is 19.6 Å². The molecule has 0 spiro atoms. The highest BCUT2D eigenvalue weighted by atomic mass is 16.2. The molecule has 2 amide bonds. The third kappa shape index (κ3) is 5.06. The molecule has 0 heterocycles. The predicted molar refractivity (Wildman–Crippen MR) is 55.7 cm³/mol. The van der Waals surface area contributed by atoms with Crippen LogP contribution in [0.1, 0.15) is 13.3 Å². The Morgan fingerprint density at radius 2 is 1.92 bits per heavy atom. The molecule has 0 aromatic carbocycles. The van der Waals surface area contributed by atoms with E-state index in [2.05, 4.69) is 18.5 Å². The Kier molecular flexibility index (Phi) is 6.69. The fraction of sp³-hybridized carbons (Fsp3) is 0.500. The van der Waals surface area contributed by atoms with Crippen LogP contribution in [0, 0.1) is 0 Å². The fourth-order valence-electron chi connectivity index (χ4n) is 0.896. The van der Waals surface area contributed by atoms with Crippen LogP contribution in [-0.4, -0.2) is 30.6 Å². The standard InChI is InChI=1S/C10H18N2O/c1-4-7-11-10(13)12(8-5-2)9-6-3/h5-6H,2-4,7-9H2,1H3,(H,11,13). The van der Waals surface area contributed by atoms with Gasteiger partial charge >= 0.3 is 6.03 Å². The molecule has 0 unspecified atom stereocenters. The molecule has 0 fully saturated rings. The molecule has 0 aliphatic rings. The summed E-state index contributed by atoms with van der Waals surface area (Å²) in [5.41, 5.74) is 0. The molecule has 0 saturated carbocycles. The lowest BCUT2D eigenvalue weighted by atomic mass is 10.4. The SMILES string of the molecule is C=CCN(CC=C)C(=O)NCCC. The quantitative estimate of drug-likeness (QED) is 0.624. The summed E-state index contributed by atoms with van der Waals surface area (Å²) >= 11 is 0. The average Bonchev–Trinajstić information content (AvgIpc) is 2.14. The second-order valence-electron chi connectivity index (χ2n) is 2.71. The first-order valence-electron chi connectivity index (χ1n) is 4.50. The summed E-state index contributed by atoms with van der Waals surface area (Å²) in [4.78, 5) is 13.0. The van der Waals surface area contributed by atoms with Gasteiger partial charge in [-0.1, -0.05) is 19.1 Å². The van der Waals surface area contributed by atoms with Gasteiger partial charge in [-0.15, -0.1) is 13.2 Å². The topological polar surface area (TPSA) is 32.3 Å². The Balaban J connectivity index is 3.93. The van der Waals surface area contributed by atoms with E-state index in [0.29, 0.717) is 19.6 Å². The van der Waals surface area contributed by atoms with Gasteiger partial charge in [0.15, 0.2) is 0 Å². The monoisotopic (exact) mass is 182 g/mol. The average molecular weight is 182 g/mol. The van der Waals surface area contributed by atoms with Crippen molar-refractivity contribution in [3.63, 3.8) is 0 Å². The minimum absolute atomic E-state index is 0.0540. The maximum Gasteiger partial charge on any atom is 0.317 e. The van der Waals surface area contributed by atoms with E-state index >= 15 is 0 Å². The summed E-state index contributed by atoms with van der Waals surface area (Å²) < 4.78 is 0. The molecule has 3 nitrogen and oxygen atoms in total. The van der Waals surface area contributed by atoms with Crippen LogP contribution in [0.15, 0.2) is 25.3 Å². The van der Waals surface area contributed by atoms with Crippen LogP contribution in [0.2, 0.25) is 0 Å². The number of urea groups is 1.